The molecule has 22 heavy (non-hydrogen) atoms. The van der Waals surface area contributed by atoms with Crippen molar-refractivity contribution in [2.24, 2.45) is 0 Å². The third-order valence-corrected chi connectivity index (χ3v) is 4.16. The molecule has 6 heteroatoms. The Labute approximate surface area is 139 Å². The zero-order valence-electron chi connectivity index (χ0n) is 12.7. The number of amides is 2. The van der Waals surface area contributed by atoms with E-state index in [0.29, 0.717) is 30.9 Å². The number of rotatable bonds is 6. The lowest BCUT2D eigenvalue weighted by molar-refractivity contribution is -0.130. The summed E-state index contributed by atoms with van der Waals surface area (Å²) in [6.07, 6.45) is 3.44. The molecule has 0 bridgehead atoms. The molecule has 120 valence electrons. The summed E-state index contributed by atoms with van der Waals surface area (Å²) in [7, 11) is 0. The van der Waals surface area contributed by atoms with E-state index < -0.39 is 0 Å². The van der Waals surface area contributed by atoms with Gasteiger partial charge in [-0.05, 0) is 47.3 Å². The Balaban J connectivity index is 1.78. The van der Waals surface area contributed by atoms with Crippen LogP contribution in [0.4, 0.5) is 5.69 Å². The molecule has 0 radical (unpaired) electrons. The molecule has 0 saturated carbocycles. The predicted molar refractivity (Wildman–Crippen MR) is 89.0 cm³/mol. The van der Waals surface area contributed by atoms with Gasteiger partial charge in [-0.3, -0.25) is 9.59 Å². The van der Waals surface area contributed by atoms with Gasteiger partial charge in [-0.25, -0.2) is 0 Å². The highest BCUT2D eigenvalue weighted by atomic mass is 79.9. The summed E-state index contributed by atoms with van der Waals surface area (Å²) in [5.41, 5.74) is 0.693. The molecule has 1 N–H and O–H groups in total. The van der Waals surface area contributed by atoms with E-state index in [1.165, 1.54) is 6.92 Å². The lowest BCUT2D eigenvalue weighted by Crippen LogP contribution is -2.27. The predicted octanol–water partition coefficient (Wildman–Crippen LogP) is 3.19. The number of ether oxygens (including phenoxy) is 1. The van der Waals surface area contributed by atoms with E-state index in [4.69, 9.17) is 4.74 Å². The summed E-state index contributed by atoms with van der Waals surface area (Å²) < 4.78 is 6.53. The lowest BCUT2D eigenvalue weighted by atomic mass is 10.2. The number of nitrogens with zero attached hydrogens (tertiary/aromatic N) is 1. The molecule has 0 aliphatic carbocycles. The van der Waals surface area contributed by atoms with Crippen LogP contribution in [0.1, 0.15) is 32.6 Å². The summed E-state index contributed by atoms with van der Waals surface area (Å²) in [5, 5.41) is 2.72. The first-order chi connectivity index (χ1) is 10.6. The first kappa shape index (κ1) is 16.8. The zero-order chi connectivity index (χ0) is 15.9. The van der Waals surface area contributed by atoms with Crippen LogP contribution >= 0.6 is 15.9 Å². The number of hydrogen-bond acceptors (Lipinski definition) is 3. The number of hydrogen-bond donors (Lipinski definition) is 1. The lowest BCUT2D eigenvalue weighted by Gasteiger charge is -2.15. The van der Waals surface area contributed by atoms with Crippen molar-refractivity contribution in [3.05, 3.63) is 22.7 Å². The SMILES string of the molecule is CC(=O)Nc1ccc(Br)c(OCCCC(=O)N2CCCC2)c1. The molecule has 1 fully saturated rings. The molecule has 1 aromatic rings. The first-order valence-corrected chi connectivity index (χ1v) is 8.33. The second kappa shape index (κ2) is 8.17. The van der Waals surface area contributed by atoms with Crippen LogP contribution in [0, 0.1) is 0 Å². The molecule has 0 spiro atoms. The summed E-state index contributed by atoms with van der Waals surface area (Å²) >= 11 is 3.42. The molecule has 2 amide bonds. The van der Waals surface area contributed by atoms with Gasteiger partial charge in [-0.2, -0.15) is 0 Å². The minimum atomic E-state index is -0.121. The fraction of sp³-hybridized carbons (Fsp3) is 0.500. The van der Waals surface area contributed by atoms with Gasteiger partial charge in [0, 0.05) is 38.2 Å². The van der Waals surface area contributed by atoms with Crippen molar-refractivity contribution in [1.29, 1.82) is 0 Å². The van der Waals surface area contributed by atoms with Crippen LogP contribution in [0.3, 0.4) is 0 Å². The molecule has 1 aliphatic heterocycles. The topological polar surface area (TPSA) is 58.6 Å². The number of likely N-dealkylation sites (tertiary alicyclic amines) is 1. The summed E-state index contributed by atoms with van der Waals surface area (Å²) in [4.78, 5) is 24.9. The van der Waals surface area contributed by atoms with Crippen molar-refractivity contribution < 1.29 is 14.3 Å². The molecule has 5 nitrogen and oxygen atoms in total. The van der Waals surface area contributed by atoms with Crippen molar-refractivity contribution in [3.8, 4) is 5.75 Å². The highest BCUT2D eigenvalue weighted by Crippen LogP contribution is 2.28. The average Bonchev–Trinajstić information content (AvgIpc) is 3.00. The van der Waals surface area contributed by atoms with E-state index in [1.54, 1.807) is 12.1 Å². The van der Waals surface area contributed by atoms with Gasteiger partial charge in [-0.15, -0.1) is 0 Å². The summed E-state index contributed by atoms with van der Waals surface area (Å²) in [6, 6.07) is 5.40. The van der Waals surface area contributed by atoms with Gasteiger partial charge < -0.3 is 15.0 Å². The number of benzene rings is 1. The number of carbonyl (C=O) groups excluding carboxylic acids is 2. The Morgan fingerprint density at radius 1 is 1.32 bits per heavy atom. The third kappa shape index (κ3) is 5.02. The molecule has 1 saturated heterocycles. The molecular formula is C16H21BrN2O3. The minimum absolute atomic E-state index is 0.121. The zero-order valence-corrected chi connectivity index (χ0v) is 14.3. The maximum Gasteiger partial charge on any atom is 0.222 e. The molecule has 0 unspecified atom stereocenters. The van der Waals surface area contributed by atoms with Gasteiger partial charge in [0.1, 0.15) is 5.75 Å². The van der Waals surface area contributed by atoms with E-state index in [0.717, 1.165) is 30.4 Å². The maximum atomic E-state index is 11.9. The summed E-state index contributed by atoms with van der Waals surface area (Å²) in [6.45, 7) is 3.72. The van der Waals surface area contributed by atoms with Crippen LogP contribution in [0.5, 0.6) is 5.75 Å². The van der Waals surface area contributed by atoms with Crippen LogP contribution in [0.25, 0.3) is 0 Å². The Morgan fingerprint density at radius 3 is 2.73 bits per heavy atom. The quantitative estimate of drug-likeness (QED) is 0.784. The van der Waals surface area contributed by atoms with Crippen LogP contribution in [-0.2, 0) is 9.59 Å². The van der Waals surface area contributed by atoms with E-state index in [-0.39, 0.29) is 11.8 Å². The van der Waals surface area contributed by atoms with Gasteiger partial charge in [0.05, 0.1) is 11.1 Å². The van der Waals surface area contributed by atoms with Crippen molar-refractivity contribution >= 4 is 33.4 Å². The molecule has 0 aromatic heterocycles. The van der Waals surface area contributed by atoms with Crippen LogP contribution in [0.15, 0.2) is 22.7 Å². The molecule has 0 atom stereocenters. The Bertz CT molecular complexity index is 542. The third-order valence-electron chi connectivity index (χ3n) is 3.50. The molecule has 2 rings (SSSR count). The molecule has 1 heterocycles. The maximum absolute atomic E-state index is 11.9. The van der Waals surface area contributed by atoms with Crippen molar-refractivity contribution in [2.75, 3.05) is 25.0 Å². The second-order valence-electron chi connectivity index (χ2n) is 5.37. The number of carbonyl (C=O) groups is 2. The van der Waals surface area contributed by atoms with Crippen molar-refractivity contribution in [1.82, 2.24) is 4.90 Å². The van der Waals surface area contributed by atoms with Gasteiger partial charge in [0.2, 0.25) is 11.8 Å². The molecular weight excluding hydrogens is 348 g/mol. The smallest absolute Gasteiger partial charge is 0.222 e. The van der Waals surface area contributed by atoms with E-state index in [9.17, 15) is 9.59 Å². The van der Waals surface area contributed by atoms with Crippen molar-refractivity contribution in [2.45, 2.75) is 32.6 Å². The molecule has 1 aromatic carbocycles. The average molecular weight is 369 g/mol. The fourth-order valence-corrected chi connectivity index (χ4v) is 2.79. The van der Waals surface area contributed by atoms with Gasteiger partial charge in [0.15, 0.2) is 0 Å². The Morgan fingerprint density at radius 2 is 2.05 bits per heavy atom. The monoisotopic (exact) mass is 368 g/mol. The fourth-order valence-electron chi connectivity index (χ4n) is 2.43. The Kier molecular flexibility index (Phi) is 6.24. The van der Waals surface area contributed by atoms with Crippen molar-refractivity contribution in [3.63, 3.8) is 0 Å². The van der Waals surface area contributed by atoms with Crippen LogP contribution < -0.4 is 10.1 Å². The molecule has 1 aliphatic rings. The Hall–Kier alpha value is -1.56. The van der Waals surface area contributed by atoms with Crippen LogP contribution in [-0.4, -0.2) is 36.4 Å². The largest absolute Gasteiger partial charge is 0.492 e. The highest BCUT2D eigenvalue weighted by Gasteiger charge is 2.17. The number of nitrogens with one attached hydrogen (secondary N) is 1. The number of anilines is 1. The van der Waals surface area contributed by atoms with Gasteiger partial charge in [-0.1, -0.05) is 0 Å². The van der Waals surface area contributed by atoms with Gasteiger partial charge >= 0.3 is 0 Å². The van der Waals surface area contributed by atoms with E-state index in [1.807, 2.05) is 11.0 Å². The van der Waals surface area contributed by atoms with Crippen LogP contribution in [0.2, 0.25) is 0 Å². The highest BCUT2D eigenvalue weighted by molar-refractivity contribution is 9.10. The second-order valence-corrected chi connectivity index (χ2v) is 6.22. The van der Waals surface area contributed by atoms with E-state index >= 15 is 0 Å². The normalized spacial score (nSPS) is 14.0. The number of halogens is 1. The minimum Gasteiger partial charge on any atom is -0.492 e. The standard InChI is InChI=1S/C16H21BrN2O3/c1-12(20)18-13-6-7-14(17)15(11-13)22-10-4-5-16(21)19-8-2-3-9-19/h6-7,11H,2-5,8-10H2,1H3,(H,18,20). The van der Waals surface area contributed by atoms with Gasteiger partial charge in [0.25, 0.3) is 0 Å². The summed E-state index contributed by atoms with van der Waals surface area (Å²) in [5.74, 6) is 0.761. The first-order valence-electron chi connectivity index (χ1n) is 7.54. The van der Waals surface area contributed by atoms with E-state index in [2.05, 4.69) is 21.2 Å².